The highest BCUT2D eigenvalue weighted by atomic mass is 127. The first kappa shape index (κ1) is 16.0. The Morgan fingerprint density at radius 3 is 2.19 bits per heavy atom. The van der Waals surface area contributed by atoms with Gasteiger partial charge in [-0.05, 0) is 70.3 Å². The van der Waals surface area contributed by atoms with Gasteiger partial charge in [0.15, 0.2) is 0 Å². The lowest BCUT2D eigenvalue weighted by Crippen LogP contribution is -2.14. The molecule has 0 radical (unpaired) electrons. The molecule has 0 aliphatic carbocycles. The van der Waals surface area contributed by atoms with Gasteiger partial charge in [0.25, 0.3) is 5.91 Å². The van der Waals surface area contributed by atoms with Crippen LogP contribution in [0.25, 0.3) is 0 Å². The van der Waals surface area contributed by atoms with Crippen LogP contribution in [-0.4, -0.2) is 5.91 Å². The maximum atomic E-state index is 12.3. The van der Waals surface area contributed by atoms with E-state index in [1.807, 2.05) is 42.5 Å². The molecular weight excluding hydrogens is 373 g/mol. The molecular formula is C18H20INO. The number of halogens is 1. The van der Waals surface area contributed by atoms with E-state index in [1.165, 1.54) is 11.1 Å². The van der Waals surface area contributed by atoms with Crippen LogP contribution in [0.15, 0.2) is 42.5 Å². The fourth-order valence-corrected chi connectivity index (χ4v) is 2.51. The van der Waals surface area contributed by atoms with Crippen LogP contribution in [0.1, 0.15) is 42.3 Å². The lowest BCUT2D eigenvalue weighted by molar-refractivity contribution is 0.102. The molecule has 0 bridgehead atoms. The number of carbonyl (C=O) groups is 1. The quantitative estimate of drug-likeness (QED) is 0.703. The summed E-state index contributed by atoms with van der Waals surface area (Å²) in [5.41, 5.74) is 4.04. The summed E-state index contributed by atoms with van der Waals surface area (Å²) in [5.74, 6) is -0.0740. The van der Waals surface area contributed by atoms with Gasteiger partial charge in [0.05, 0.1) is 0 Å². The predicted octanol–water partition coefficient (Wildman–Crippen LogP) is 5.15. The minimum Gasteiger partial charge on any atom is -0.322 e. The second-order valence-electron chi connectivity index (χ2n) is 6.25. The van der Waals surface area contributed by atoms with E-state index in [1.54, 1.807) is 0 Å². The molecule has 21 heavy (non-hydrogen) atoms. The van der Waals surface area contributed by atoms with Crippen molar-refractivity contribution in [3.63, 3.8) is 0 Å². The highest BCUT2D eigenvalue weighted by Crippen LogP contribution is 2.23. The van der Waals surface area contributed by atoms with E-state index in [2.05, 4.69) is 55.6 Å². The molecule has 0 aliphatic rings. The van der Waals surface area contributed by atoms with Gasteiger partial charge in [-0.3, -0.25) is 4.79 Å². The van der Waals surface area contributed by atoms with Crippen LogP contribution in [0.4, 0.5) is 5.69 Å². The van der Waals surface area contributed by atoms with Crippen molar-refractivity contribution in [2.24, 2.45) is 0 Å². The molecule has 0 spiro atoms. The Bertz CT molecular complexity index is 654. The zero-order chi connectivity index (χ0) is 15.6. The smallest absolute Gasteiger partial charge is 0.255 e. The summed E-state index contributed by atoms with van der Waals surface area (Å²) in [4.78, 5) is 12.3. The Morgan fingerprint density at radius 1 is 1.05 bits per heavy atom. The molecule has 1 amide bonds. The van der Waals surface area contributed by atoms with E-state index in [-0.39, 0.29) is 11.3 Å². The minimum absolute atomic E-state index is 0.0740. The van der Waals surface area contributed by atoms with E-state index in [0.29, 0.717) is 5.56 Å². The SMILES string of the molecule is Cc1ccc(NC(=O)c2ccc(C(C)(C)C)cc2)cc1I. The van der Waals surface area contributed by atoms with Gasteiger partial charge in [-0.2, -0.15) is 0 Å². The van der Waals surface area contributed by atoms with Crippen LogP contribution in [0, 0.1) is 10.5 Å². The molecule has 0 saturated carbocycles. The summed E-state index contributed by atoms with van der Waals surface area (Å²) in [6.07, 6.45) is 0. The fourth-order valence-electron chi connectivity index (χ4n) is 2.00. The molecule has 2 aromatic rings. The summed E-state index contributed by atoms with van der Waals surface area (Å²) in [7, 11) is 0. The van der Waals surface area contributed by atoms with Gasteiger partial charge in [0.1, 0.15) is 0 Å². The van der Waals surface area contributed by atoms with Crippen LogP contribution in [0.2, 0.25) is 0 Å². The van der Waals surface area contributed by atoms with Crippen LogP contribution < -0.4 is 5.32 Å². The molecule has 0 saturated heterocycles. The van der Waals surface area contributed by atoms with Crippen molar-refractivity contribution in [3.8, 4) is 0 Å². The van der Waals surface area contributed by atoms with Gasteiger partial charge in [-0.25, -0.2) is 0 Å². The summed E-state index contributed by atoms with van der Waals surface area (Å²) >= 11 is 2.27. The molecule has 2 aromatic carbocycles. The summed E-state index contributed by atoms with van der Waals surface area (Å²) in [6, 6.07) is 13.7. The van der Waals surface area contributed by atoms with Gasteiger partial charge >= 0.3 is 0 Å². The first-order chi connectivity index (χ1) is 9.77. The number of nitrogens with one attached hydrogen (secondary N) is 1. The van der Waals surface area contributed by atoms with Gasteiger partial charge in [0, 0.05) is 14.8 Å². The molecule has 1 N–H and O–H groups in total. The average molecular weight is 393 g/mol. The number of benzene rings is 2. The maximum Gasteiger partial charge on any atom is 0.255 e. The second-order valence-corrected chi connectivity index (χ2v) is 7.41. The number of amides is 1. The first-order valence-electron chi connectivity index (χ1n) is 6.95. The van der Waals surface area contributed by atoms with E-state index < -0.39 is 0 Å². The van der Waals surface area contributed by atoms with Crippen LogP contribution >= 0.6 is 22.6 Å². The number of aryl methyl sites for hydroxylation is 1. The summed E-state index contributed by atoms with van der Waals surface area (Å²) in [6.45, 7) is 8.54. The molecule has 2 nitrogen and oxygen atoms in total. The first-order valence-corrected chi connectivity index (χ1v) is 8.03. The van der Waals surface area contributed by atoms with Gasteiger partial charge in [-0.15, -0.1) is 0 Å². The lowest BCUT2D eigenvalue weighted by atomic mass is 9.87. The minimum atomic E-state index is -0.0740. The van der Waals surface area contributed by atoms with Crippen molar-refractivity contribution in [1.29, 1.82) is 0 Å². The molecule has 110 valence electrons. The molecule has 2 rings (SSSR count). The van der Waals surface area contributed by atoms with Gasteiger partial charge in [-0.1, -0.05) is 39.0 Å². The van der Waals surface area contributed by atoms with Crippen LogP contribution in [0.5, 0.6) is 0 Å². The Morgan fingerprint density at radius 2 is 1.67 bits per heavy atom. The Balaban J connectivity index is 2.15. The second kappa shape index (κ2) is 6.18. The highest BCUT2D eigenvalue weighted by Gasteiger charge is 2.14. The molecule has 0 aliphatic heterocycles. The van der Waals surface area contributed by atoms with Crippen molar-refractivity contribution >= 4 is 34.2 Å². The topological polar surface area (TPSA) is 29.1 Å². The van der Waals surface area contributed by atoms with Crippen molar-refractivity contribution in [3.05, 3.63) is 62.7 Å². The monoisotopic (exact) mass is 393 g/mol. The molecule has 0 aromatic heterocycles. The van der Waals surface area contributed by atoms with E-state index in [9.17, 15) is 4.79 Å². The van der Waals surface area contributed by atoms with E-state index >= 15 is 0 Å². The Labute approximate surface area is 140 Å². The standard InChI is InChI=1S/C18H20INO/c1-12-5-10-15(11-16(12)19)20-17(21)13-6-8-14(9-7-13)18(2,3)4/h5-11H,1-4H3,(H,20,21). The van der Waals surface area contributed by atoms with Crippen molar-refractivity contribution in [2.45, 2.75) is 33.1 Å². The van der Waals surface area contributed by atoms with Gasteiger partial charge < -0.3 is 5.32 Å². The maximum absolute atomic E-state index is 12.3. The third kappa shape index (κ3) is 4.06. The van der Waals surface area contributed by atoms with Crippen molar-refractivity contribution < 1.29 is 4.79 Å². The van der Waals surface area contributed by atoms with E-state index in [0.717, 1.165) is 9.26 Å². The third-order valence-corrected chi connectivity index (χ3v) is 4.61. The highest BCUT2D eigenvalue weighted by molar-refractivity contribution is 14.1. The number of rotatable bonds is 2. The number of hydrogen-bond acceptors (Lipinski definition) is 1. The normalized spacial score (nSPS) is 11.3. The van der Waals surface area contributed by atoms with E-state index in [4.69, 9.17) is 0 Å². The Hall–Kier alpha value is -1.36. The predicted molar refractivity (Wildman–Crippen MR) is 97.0 cm³/mol. The summed E-state index contributed by atoms with van der Waals surface area (Å²) in [5, 5.41) is 2.94. The molecule has 0 fully saturated rings. The molecule has 0 unspecified atom stereocenters. The van der Waals surface area contributed by atoms with Crippen LogP contribution in [-0.2, 0) is 5.41 Å². The molecule has 0 atom stereocenters. The lowest BCUT2D eigenvalue weighted by Gasteiger charge is -2.19. The number of carbonyl (C=O) groups excluding carboxylic acids is 1. The molecule has 0 heterocycles. The number of hydrogen-bond donors (Lipinski definition) is 1. The third-order valence-electron chi connectivity index (χ3n) is 3.44. The largest absolute Gasteiger partial charge is 0.322 e. The summed E-state index contributed by atoms with van der Waals surface area (Å²) < 4.78 is 1.15. The zero-order valence-electron chi connectivity index (χ0n) is 12.8. The van der Waals surface area contributed by atoms with Crippen molar-refractivity contribution in [2.75, 3.05) is 5.32 Å². The van der Waals surface area contributed by atoms with Crippen LogP contribution in [0.3, 0.4) is 0 Å². The zero-order valence-corrected chi connectivity index (χ0v) is 15.0. The number of anilines is 1. The van der Waals surface area contributed by atoms with Crippen molar-refractivity contribution in [1.82, 2.24) is 0 Å². The fraction of sp³-hybridized carbons (Fsp3) is 0.278. The Kier molecular flexibility index (Phi) is 4.71. The average Bonchev–Trinajstić information content (AvgIpc) is 2.42. The van der Waals surface area contributed by atoms with Gasteiger partial charge in [0.2, 0.25) is 0 Å². The molecule has 3 heteroatoms.